The Morgan fingerprint density at radius 1 is 1.39 bits per heavy atom. The molecule has 100 valence electrons. The summed E-state index contributed by atoms with van der Waals surface area (Å²) < 4.78 is 0. The molecule has 18 heavy (non-hydrogen) atoms. The zero-order chi connectivity index (χ0) is 13.8. The quantitative estimate of drug-likeness (QED) is 0.832. The molecule has 0 spiro atoms. The molecule has 2 N–H and O–H groups in total. The van der Waals surface area contributed by atoms with E-state index < -0.39 is 8.07 Å². The Labute approximate surface area is 121 Å². The summed E-state index contributed by atoms with van der Waals surface area (Å²) in [6.45, 7) is 9.13. The van der Waals surface area contributed by atoms with Gasteiger partial charge in [0.05, 0.1) is 8.07 Å². The normalized spacial score (nSPS) is 12.8. The van der Waals surface area contributed by atoms with Crippen LogP contribution in [0, 0.1) is 0 Å². The third kappa shape index (κ3) is 4.37. The molecular weight excluding hydrogens is 278 g/mol. The lowest BCUT2D eigenvalue weighted by Crippen LogP contribution is -2.40. The minimum absolute atomic E-state index is 0.756. The van der Waals surface area contributed by atoms with Crippen molar-refractivity contribution in [2.75, 3.05) is 5.75 Å². The van der Waals surface area contributed by atoms with Crippen LogP contribution in [0.5, 0.6) is 0 Å². The summed E-state index contributed by atoms with van der Waals surface area (Å²) in [6.07, 6.45) is 0.756. The molecule has 0 bridgehead atoms. The maximum Gasteiger partial charge on any atom is 0.0780 e. The van der Waals surface area contributed by atoms with Crippen LogP contribution >= 0.6 is 23.4 Å². The van der Waals surface area contributed by atoms with E-state index in [9.17, 15) is 0 Å². The van der Waals surface area contributed by atoms with Crippen LogP contribution in [0.15, 0.2) is 29.3 Å². The first-order valence-electron chi connectivity index (χ1n) is 6.20. The van der Waals surface area contributed by atoms with Crippen molar-refractivity contribution >= 4 is 36.6 Å². The predicted molar refractivity (Wildman–Crippen MR) is 88.5 cm³/mol. The van der Waals surface area contributed by atoms with Crippen LogP contribution < -0.4 is 10.9 Å². The standard InChI is InChI=1S/C14H22ClNSSi/c1-5-17-10-11(16)9-12-13(15)7-6-8-14(12)18(2,3)4/h6-8,10H,5,9,16H2,1-4H3. The van der Waals surface area contributed by atoms with Gasteiger partial charge in [-0.05, 0) is 22.8 Å². The maximum atomic E-state index is 6.35. The number of allylic oxidation sites excluding steroid dienone is 1. The van der Waals surface area contributed by atoms with E-state index in [0.717, 1.165) is 22.9 Å². The fourth-order valence-electron chi connectivity index (χ4n) is 1.88. The molecule has 1 aromatic carbocycles. The van der Waals surface area contributed by atoms with Gasteiger partial charge in [-0.25, -0.2) is 0 Å². The van der Waals surface area contributed by atoms with Crippen LogP contribution in [0.4, 0.5) is 0 Å². The van der Waals surface area contributed by atoms with Crippen molar-refractivity contribution in [2.45, 2.75) is 33.0 Å². The van der Waals surface area contributed by atoms with E-state index in [4.69, 9.17) is 17.3 Å². The van der Waals surface area contributed by atoms with Gasteiger partial charge in [0.1, 0.15) is 0 Å². The fraction of sp³-hybridized carbons (Fsp3) is 0.429. The van der Waals surface area contributed by atoms with Gasteiger partial charge in [0, 0.05) is 17.1 Å². The zero-order valence-electron chi connectivity index (χ0n) is 11.6. The number of rotatable bonds is 5. The lowest BCUT2D eigenvalue weighted by atomic mass is 10.1. The van der Waals surface area contributed by atoms with Crippen LogP contribution in [-0.2, 0) is 6.42 Å². The Morgan fingerprint density at radius 3 is 2.61 bits per heavy atom. The Morgan fingerprint density at radius 2 is 2.06 bits per heavy atom. The third-order valence-corrected chi connectivity index (χ3v) is 5.95. The molecule has 0 fully saturated rings. The van der Waals surface area contributed by atoms with E-state index in [2.05, 4.69) is 32.6 Å². The van der Waals surface area contributed by atoms with Crippen LogP contribution in [0.25, 0.3) is 0 Å². The molecule has 0 aromatic heterocycles. The highest BCUT2D eigenvalue weighted by atomic mass is 35.5. The second-order valence-electron chi connectivity index (χ2n) is 5.34. The van der Waals surface area contributed by atoms with Gasteiger partial charge in [-0.3, -0.25) is 0 Å². The summed E-state index contributed by atoms with van der Waals surface area (Å²) in [6, 6.07) is 6.20. The van der Waals surface area contributed by atoms with Gasteiger partial charge in [0.15, 0.2) is 0 Å². The van der Waals surface area contributed by atoms with Gasteiger partial charge in [0.25, 0.3) is 0 Å². The summed E-state index contributed by atoms with van der Waals surface area (Å²) in [7, 11) is -1.38. The average molecular weight is 300 g/mol. The first-order chi connectivity index (χ1) is 8.36. The van der Waals surface area contributed by atoms with Crippen molar-refractivity contribution in [1.82, 2.24) is 0 Å². The number of hydrogen-bond donors (Lipinski definition) is 1. The topological polar surface area (TPSA) is 26.0 Å². The van der Waals surface area contributed by atoms with Crippen LogP contribution in [0.2, 0.25) is 24.7 Å². The second-order valence-corrected chi connectivity index (χ2v) is 11.9. The number of hydrogen-bond acceptors (Lipinski definition) is 2. The predicted octanol–water partition coefficient (Wildman–Crippen LogP) is 3.98. The fourth-order valence-corrected chi connectivity index (χ4v) is 4.39. The van der Waals surface area contributed by atoms with Crippen molar-refractivity contribution in [3.63, 3.8) is 0 Å². The van der Waals surface area contributed by atoms with E-state index in [1.165, 1.54) is 10.8 Å². The van der Waals surface area contributed by atoms with E-state index in [1.807, 2.05) is 17.5 Å². The Hall–Kier alpha value is -0.383. The number of thioether (sulfide) groups is 1. The summed E-state index contributed by atoms with van der Waals surface area (Å²) >= 11 is 8.08. The zero-order valence-corrected chi connectivity index (χ0v) is 14.2. The minimum Gasteiger partial charge on any atom is -0.401 e. The SMILES string of the molecule is CCSC=C(N)Cc1c(Cl)cccc1[Si](C)(C)C. The summed E-state index contributed by atoms with van der Waals surface area (Å²) in [5.41, 5.74) is 8.18. The number of benzene rings is 1. The second kappa shape index (κ2) is 6.69. The van der Waals surface area contributed by atoms with Crippen LogP contribution in [0.1, 0.15) is 12.5 Å². The molecule has 0 aliphatic carbocycles. The van der Waals surface area contributed by atoms with Crippen LogP contribution in [-0.4, -0.2) is 13.8 Å². The van der Waals surface area contributed by atoms with E-state index >= 15 is 0 Å². The molecule has 0 unspecified atom stereocenters. The first kappa shape index (κ1) is 15.7. The molecule has 0 heterocycles. The third-order valence-electron chi connectivity index (χ3n) is 2.71. The molecule has 0 aliphatic heterocycles. The molecule has 0 saturated heterocycles. The molecule has 1 rings (SSSR count). The largest absolute Gasteiger partial charge is 0.401 e. The van der Waals surface area contributed by atoms with Gasteiger partial charge < -0.3 is 5.73 Å². The van der Waals surface area contributed by atoms with Gasteiger partial charge in [0.2, 0.25) is 0 Å². The lowest BCUT2D eigenvalue weighted by molar-refractivity contribution is 1.12. The average Bonchev–Trinajstić information content (AvgIpc) is 2.27. The molecule has 0 atom stereocenters. The number of nitrogens with two attached hydrogens (primary N) is 1. The monoisotopic (exact) mass is 299 g/mol. The highest BCUT2D eigenvalue weighted by Gasteiger charge is 2.21. The minimum atomic E-state index is -1.38. The molecular formula is C14H22ClNSSi. The molecule has 0 aliphatic rings. The van der Waals surface area contributed by atoms with E-state index in [-0.39, 0.29) is 0 Å². The lowest BCUT2D eigenvalue weighted by Gasteiger charge is -2.22. The molecule has 0 radical (unpaired) electrons. The maximum absolute atomic E-state index is 6.35. The molecule has 1 nitrogen and oxygen atoms in total. The molecule has 0 saturated carbocycles. The Kier molecular flexibility index (Phi) is 5.82. The highest BCUT2D eigenvalue weighted by Crippen LogP contribution is 2.20. The summed E-state index contributed by atoms with van der Waals surface area (Å²) in [4.78, 5) is 0. The van der Waals surface area contributed by atoms with Gasteiger partial charge in [-0.1, -0.05) is 55.5 Å². The number of halogens is 1. The summed E-state index contributed by atoms with van der Waals surface area (Å²) in [5.74, 6) is 1.05. The van der Waals surface area contributed by atoms with Gasteiger partial charge in [-0.2, -0.15) is 0 Å². The van der Waals surface area contributed by atoms with Gasteiger partial charge >= 0.3 is 0 Å². The highest BCUT2D eigenvalue weighted by molar-refractivity contribution is 8.02. The molecule has 0 amide bonds. The Balaban J connectivity index is 3.08. The van der Waals surface area contributed by atoms with E-state index in [1.54, 1.807) is 11.8 Å². The van der Waals surface area contributed by atoms with Crippen molar-refractivity contribution in [1.29, 1.82) is 0 Å². The van der Waals surface area contributed by atoms with Crippen molar-refractivity contribution < 1.29 is 0 Å². The van der Waals surface area contributed by atoms with Crippen LogP contribution in [0.3, 0.4) is 0 Å². The van der Waals surface area contributed by atoms with Crippen molar-refractivity contribution in [3.05, 3.63) is 39.9 Å². The Bertz CT molecular complexity index is 438. The molecule has 1 aromatic rings. The van der Waals surface area contributed by atoms with Crippen molar-refractivity contribution in [3.8, 4) is 0 Å². The summed E-state index contributed by atoms with van der Waals surface area (Å²) in [5, 5.41) is 4.29. The van der Waals surface area contributed by atoms with E-state index in [0.29, 0.717) is 0 Å². The molecule has 4 heteroatoms. The smallest absolute Gasteiger partial charge is 0.0780 e. The first-order valence-corrected chi connectivity index (χ1v) is 11.1. The van der Waals surface area contributed by atoms with Gasteiger partial charge in [-0.15, -0.1) is 11.8 Å². The van der Waals surface area contributed by atoms with Crippen molar-refractivity contribution in [2.24, 2.45) is 5.73 Å².